The SMILES string of the molecule is NC(=NO)c1c(F)cccc1Oc1cccc(Br)c1. The minimum Gasteiger partial charge on any atom is -0.456 e. The van der Waals surface area contributed by atoms with Gasteiger partial charge < -0.3 is 15.7 Å². The molecule has 4 nitrogen and oxygen atoms in total. The van der Waals surface area contributed by atoms with Crippen LogP contribution in [0, 0.1) is 5.82 Å². The van der Waals surface area contributed by atoms with Gasteiger partial charge in [-0.05, 0) is 30.3 Å². The van der Waals surface area contributed by atoms with Crippen LogP contribution in [0.5, 0.6) is 11.5 Å². The molecule has 0 aliphatic heterocycles. The molecular formula is C13H10BrFN2O2. The van der Waals surface area contributed by atoms with Gasteiger partial charge >= 0.3 is 0 Å². The maximum atomic E-state index is 13.7. The quantitative estimate of drug-likeness (QED) is 0.393. The Morgan fingerprint density at radius 3 is 2.68 bits per heavy atom. The van der Waals surface area contributed by atoms with E-state index in [4.69, 9.17) is 15.7 Å². The van der Waals surface area contributed by atoms with Crippen LogP contribution >= 0.6 is 15.9 Å². The molecule has 6 heteroatoms. The molecule has 0 fully saturated rings. The van der Waals surface area contributed by atoms with Gasteiger partial charge in [-0.3, -0.25) is 0 Å². The van der Waals surface area contributed by atoms with Crippen molar-refractivity contribution in [1.29, 1.82) is 0 Å². The van der Waals surface area contributed by atoms with Crippen LogP contribution in [-0.4, -0.2) is 11.0 Å². The van der Waals surface area contributed by atoms with Crippen LogP contribution in [0.4, 0.5) is 4.39 Å². The molecule has 0 heterocycles. The van der Waals surface area contributed by atoms with Crippen molar-refractivity contribution in [3.05, 3.63) is 58.3 Å². The second-order valence-electron chi connectivity index (χ2n) is 3.66. The van der Waals surface area contributed by atoms with E-state index in [2.05, 4.69) is 21.1 Å². The van der Waals surface area contributed by atoms with Gasteiger partial charge in [0.1, 0.15) is 17.3 Å². The first-order chi connectivity index (χ1) is 9.11. The molecule has 2 rings (SSSR count). The maximum absolute atomic E-state index is 13.7. The summed E-state index contributed by atoms with van der Waals surface area (Å²) in [5.41, 5.74) is 5.37. The Morgan fingerprint density at radius 2 is 2.00 bits per heavy atom. The van der Waals surface area contributed by atoms with Crippen LogP contribution in [0.2, 0.25) is 0 Å². The van der Waals surface area contributed by atoms with Gasteiger partial charge in [0, 0.05) is 4.47 Å². The minimum atomic E-state index is -0.622. The summed E-state index contributed by atoms with van der Waals surface area (Å²) in [7, 11) is 0. The fourth-order valence-corrected chi connectivity index (χ4v) is 1.92. The van der Waals surface area contributed by atoms with Gasteiger partial charge in [-0.2, -0.15) is 0 Å². The van der Waals surface area contributed by atoms with E-state index in [0.29, 0.717) is 5.75 Å². The third-order valence-corrected chi connectivity index (χ3v) is 2.86. The molecule has 0 atom stereocenters. The predicted octanol–water partition coefficient (Wildman–Crippen LogP) is 3.48. The number of benzene rings is 2. The predicted molar refractivity (Wildman–Crippen MR) is 73.1 cm³/mol. The van der Waals surface area contributed by atoms with Gasteiger partial charge in [-0.1, -0.05) is 33.2 Å². The van der Waals surface area contributed by atoms with Gasteiger partial charge in [0.15, 0.2) is 5.84 Å². The van der Waals surface area contributed by atoms with E-state index < -0.39 is 5.82 Å². The van der Waals surface area contributed by atoms with Crippen molar-refractivity contribution >= 4 is 21.8 Å². The van der Waals surface area contributed by atoms with Gasteiger partial charge in [-0.25, -0.2) is 4.39 Å². The molecule has 0 radical (unpaired) electrons. The Kier molecular flexibility index (Phi) is 4.01. The lowest BCUT2D eigenvalue weighted by molar-refractivity contribution is 0.318. The smallest absolute Gasteiger partial charge is 0.176 e. The van der Waals surface area contributed by atoms with Crippen molar-refractivity contribution < 1.29 is 14.3 Å². The molecule has 0 aliphatic carbocycles. The second kappa shape index (κ2) is 5.71. The number of amidine groups is 1. The highest BCUT2D eigenvalue weighted by Gasteiger charge is 2.14. The Balaban J connectivity index is 2.43. The summed E-state index contributed by atoms with van der Waals surface area (Å²) in [5, 5.41) is 11.5. The summed E-state index contributed by atoms with van der Waals surface area (Å²) in [5.74, 6) is -0.286. The lowest BCUT2D eigenvalue weighted by atomic mass is 10.1. The van der Waals surface area contributed by atoms with Crippen molar-refractivity contribution in [2.45, 2.75) is 0 Å². The third kappa shape index (κ3) is 3.03. The molecule has 0 amide bonds. The summed E-state index contributed by atoms with van der Waals surface area (Å²) < 4.78 is 20.1. The molecule has 19 heavy (non-hydrogen) atoms. The van der Waals surface area contributed by atoms with Gasteiger partial charge in [0.05, 0.1) is 5.56 Å². The largest absolute Gasteiger partial charge is 0.456 e. The highest BCUT2D eigenvalue weighted by Crippen LogP contribution is 2.28. The molecule has 3 N–H and O–H groups in total. The average Bonchev–Trinajstić information content (AvgIpc) is 2.38. The number of nitrogens with zero attached hydrogens (tertiary/aromatic N) is 1. The maximum Gasteiger partial charge on any atom is 0.176 e. The Bertz CT molecular complexity index is 632. The van der Waals surface area contributed by atoms with Crippen molar-refractivity contribution in [1.82, 2.24) is 0 Å². The lowest BCUT2D eigenvalue weighted by Crippen LogP contribution is -2.16. The van der Waals surface area contributed by atoms with Crippen LogP contribution in [0.1, 0.15) is 5.56 Å². The first-order valence-electron chi connectivity index (χ1n) is 5.31. The first-order valence-corrected chi connectivity index (χ1v) is 6.11. The molecule has 0 bridgehead atoms. The summed E-state index contributed by atoms with van der Waals surface area (Å²) in [4.78, 5) is 0. The fraction of sp³-hybridized carbons (Fsp3) is 0. The summed E-state index contributed by atoms with van der Waals surface area (Å²) in [6, 6.07) is 11.3. The van der Waals surface area contributed by atoms with Crippen LogP contribution < -0.4 is 10.5 Å². The molecule has 98 valence electrons. The Hall–Kier alpha value is -2.08. The van der Waals surface area contributed by atoms with Crippen molar-refractivity contribution in [2.75, 3.05) is 0 Å². The molecule has 0 aliphatic rings. The molecule has 0 saturated heterocycles. The zero-order chi connectivity index (χ0) is 13.8. The molecular weight excluding hydrogens is 315 g/mol. The topological polar surface area (TPSA) is 67.8 Å². The third-order valence-electron chi connectivity index (χ3n) is 2.36. The lowest BCUT2D eigenvalue weighted by Gasteiger charge is -2.11. The number of oxime groups is 1. The van der Waals surface area contributed by atoms with E-state index in [9.17, 15) is 4.39 Å². The van der Waals surface area contributed by atoms with E-state index in [-0.39, 0.29) is 17.1 Å². The van der Waals surface area contributed by atoms with E-state index >= 15 is 0 Å². The van der Waals surface area contributed by atoms with Crippen molar-refractivity contribution in [2.24, 2.45) is 10.9 Å². The molecule has 0 saturated carbocycles. The number of hydrogen-bond donors (Lipinski definition) is 2. The molecule has 0 spiro atoms. The Morgan fingerprint density at radius 1 is 1.26 bits per heavy atom. The van der Waals surface area contributed by atoms with Gasteiger partial charge in [-0.15, -0.1) is 0 Å². The number of ether oxygens (including phenoxy) is 1. The van der Waals surface area contributed by atoms with E-state index in [1.165, 1.54) is 18.2 Å². The number of rotatable bonds is 3. The fourth-order valence-electron chi connectivity index (χ4n) is 1.55. The normalized spacial score (nSPS) is 11.4. The van der Waals surface area contributed by atoms with Crippen LogP contribution in [0.3, 0.4) is 0 Å². The molecule has 0 aromatic heterocycles. The Labute approximate surface area is 117 Å². The molecule has 2 aromatic rings. The highest BCUT2D eigenvalue weighted by atomic mass is 79.9. The summed E-state index contributed by atoms with van der Waals surface area (Å²) in [6.45, 7) is 0. The van der Waals surface area contributed by atoms with Gasteiger partial charge in [0.2, 0.25) is 0 Å². The number of hydrogen-bond acceptors (Lipinski definition) is 3. The monoisotopic (exact) mass is 324 g/mol. The van der Waals surface area contributed by atoms with Crippen molar-refractivity contribution in [3.63, 3.8) is 0 Å². The zero-order valence-electron chi connectivity index (χ0n) is 9.68. The van der Waals surface area contributed by atoms with E-state index in [1.54, 1.807) is 18.2 Å². The standard InChI is InChI=1S/C13H10BrFN2O2/c14-8-3-1-4-9(7-8)19-11-6-2-5-10(15)12(11)13(16)17-18/h1-7,18H,(H2,16,17). The van der Waals surface area contributed by atoms with Gasteiger partial charge in [0.25, 0.3) is 0 Å². The molecule has 2 aromatic carbocycles. The van der Waals surface area contributed by atoms with Crippen LogP contribution in [0.15, 0.2) is 52.1 Å². The number of halogens is 2. The van der Waals surface area contributed by atoms with Crippen LogP contribution in [0.25, 0.3) is 0 Å². The second-order valence-corrected chi connectivity index (χ2v) is 4.57. The average molecular weight is 325 g/mol. The minimum absolute atomic E-state index is 0.0787. The van der Waals surface area contributed by atoms with E-state index in [1.807, 2.05) is 6.07 Å². The summed E-state index contributed by atoms with van der Waals surface area (Å²) >= 11 is 3.31. The van der Waals surface area contributed by atoms with E-state index in [0.717, 1.165) is 4.47 Å². The highest BCUT2D eigenvalue weighted by molar-refractivity contribution is 9.10. The van der Waals surface area contributed by atoms with Crippen LogP contribution in [-0.2, 0) is 0 Å². The van der Waals surface area contributed by atoms with Crippen molar-refractivity contribution in [3.8, 4) is 11.5 Å². The summed E-state index contributed by atoms with van der Waals surface area (Å²) in [6.07, 6.45) is 0. The number of nitrogens with two attached hydrogens (primary N) is 1. The zero-order valence-corrected chi connectivity index (χ0v) is 11.3. The first kappa shape index (κ1) is 13.4. The molecule has 0 unspecified atom stereocenters.